The Hall–Kier alpha value is -0.120. The Labute approximate surface area is 104 Å². The van der Waals surface area contributed by atoms with E-state index >= 15 is 0 Å². The highest BCUT2D eigenvalue weighted by Gasteiger charge is 2.49. The number of rotatable bonds is 3. The Kier molecular flexibility index (Phi) is 2.96. The van der Waals surface area contributed by atoms with E-state index in [9.17, 15) is 10.2 Å². The minimum Gasteiger partial charge on any atom is -0.391 e. The molecule has 0 aromatic rings. The summed E-state index contributed by atoms with van der Waals surface area (Å²) in [6.45, 7) is 2.00. The van der Waals surface area contributed by atoms with Crippen LogP contribution in [0.2, 0.25) is 0 Å². The number of hydrogen-bond donors (Lipinski definition) is 2. The monoisotopic (exact) mass is 239 g/mol. The number of nitrogens with zero attached hydrogens (tertiary/aromatic N) is 1. The maximum Gasteiger partial charge on any atom is 0.0736 e. The first-order chi connectivity index (χ1) is 8.15. The fourth-order valence-electron chi connectivity index (χ4n) is 4.13. The molecule has 2 saturated carbocycles. The van der Waals surface area contributed by atoms with E-state index in [0.29, 0.717) is 0 Å². The zero-order valence-electron chi connectivity index (χ0n) is 10.7. The van der Waals surface area contributed by atoms with Gasteiger partial charge in [-0.25, -0.2) is 0 Å². The predicted molar refractivity (Wildman–Crippen MR) is 66.8 cm³/mol. The number of likely N-dealkylation sites (tertiary alicyclic amines) is 1. The van der Waals surface area contributed by atoms with Crippen LogP contribution in [0.25, 0.3) is 0 Å². The summed E-state index contributed by atoms with van der Waals surface area (Å²) in [5, 5.41) is 20.4. The molecule has 17 heavy (non-hydrogen) atoms. The summed E-state index contributed by atoms with van der Waals surface area (Å²) in [6.07, 6.45) is 9.70. The van der Waals surface area contributed by atoms with Gasteiger partial charge in [0, 0.05) is 18.6 Å². The van der Waals surface area contributed by atoms with Crippen molar-refractivity contribution >= 4 is 0 Å². The Balaban J connectivity index is 1.62. The lowest BCUT2D eigenvalue weighted by atomic mass is 9.77. The van der Waals surface area contributed by atoms with E-state index in [2.05, 4.69) is 4.90 Å². The van der Waals surface area contributed by atoms with Gasteiger partial charge < -0.3 is 10.2 Å². The van der Waals surface area contributed by atoms with Crippen LogP contribution < -0.4 is 0 Å². The molecule has 0 amide bonds. The highest BCUT2D eigenvalue weighted by atomic mass is 16.3. The average molecular weight is 239 g/mol. The zero-order valence-corrected chi connectivity index (χ0v) is 10.7. The van der Waals surface area contributed by atoms with Gasteiger partial charge in [-0.2, -0.15) is 0 Å². The van der Waals surface area contributed by atoms with Crippen LogP contribution in [-0.4, -0.2) is 45.4 Å². The van der Waals surface area contributed by atoms with Crippen molar-refractivity contribution in [3.8, 4) is 0 Å². The molecule has 2 N–H and O–H groups in total. The van der Waals surface area contributed by atoms with Gasteiger partial charge in [-0.1, -0.05) is 12.8 Å². The zero-order chi connectivity index (χ0) is 11.9. The molecule has 0 bridgehead atoms. The van der Waals surface area contributed by atoms with Crippen molar-refractivity contribution in [2.75, 3.05) is 13.1 Å². The molecule has 2 aliphatic carbocycles. The van der Waals surface area contributed by atoms with E-state index in [1.807, 2.05) is 0 Å². The van der Waals surface area contributed by atoms with E-state index in [0.717, 1.165) is 51.6 Å². The second kappa shape index (κ2) is 4.22. The van der Waals surface area contributed by atoms with Crippen LogP contribution in [0.5, 0.6) is 0 Å². The van der Waals surface area contributed by atoms with Gasteiger partial charge in [0.2, 0.25) is 0 Å². The van der Waals surface area contributed by atoms with Crippen molar-refractivity contribution in [2.24, 2.45) is 0 Å². The molecule has 1 spiro atoms. The summed E-state index contributed by atoms with van der Waals surface area (Å²) >= 11 is 0. The molecular weight excluding hydrogens is 214 g/mol. The summed E-state index contributed by atoms with van der Waals surface area (Å²) in [5.74, 6) is 0. The minimum atomic E-state index is -0.368. The van der Waals surface area contributed by atoms with Gasteiger partial charge in [0.1, 0.15) is 0 Å². The number of aliphatic hydroxyl groups is 2. The first-order valence-electron chi connectivity index (χ1n) is 7.30. The van der Waals surface area contributed by atoms with E-state index < -0.39 is 0 Å². The molecule has 98 valence electrons. The molecule has 3 aliphatic rings. The molecular formula is C14H25NO2. The number of hydrogen-bond acceptors (Lipinski definition) is 3. The van der Waals surface area contributed by atoms with Crippen molar-refractivity contribution in [1.29, 1.82) is 0 Å². The van der Waals surface area contributed by atoms with E-state index in [-0.39, 0.29) is 17.2 Å². The second-order valence-corrected chi connectivity index (χ2v) is 6.43. The minimum absolute atomic E-state index is 0.0834. The summed E-state index contributed by atoms with van der Waals surface area (Å²) in [7, 11) is 0. The van der Waals surface area contributed by atoms with Crippen molar-refractivity contribution in [3.63, 3.8) is 0 Å². The smallest absolute Gasteiger partial charge is 0.0736 e. The lowest BCUT2D eigenvalue weighted by Gasteiger charge is -2.42. The first kappa shape index (κ1) is 11.9. The van der Waals surface area contributed by atoms with Crippen molar-refractivity contribution in [2.45, 2.75) is 75.0 Å². The quantitative estimate of drug-likeness (QED) is 0.787. The standard InChI is InChI=1S/C14H25NO2/c16-12-4-10-15(14(12)7-1-2-8-14)11-9-13(17)5-3-6-13/h12,16-17H,1-11H2. The molecule has 1 aliphatic heterocycles. The fourth-order valence-corrected chi connectivity index (χ4v) is 4.13. The molecule has 1 heterocycles. The van der Waals surface area contributed by atoms with Crippen LogP contribution in [-0.2, 0) is 0 Å². The Morgan fingerprint density at radius 3 is 2.35 bits per heavy atom. The molecule has 3 fully saturated rings. The van der Waals surface area contributed by atoms with Gasteiger partial charge in [0.15, 0.2) is 0 Å². The maximum absolute atomic E-state index is 10.2. The van der Waals surface area contributed by atoms with Crippen LogP contribution in [0.4, 0.5) is 0 Å². The Bertz CT molecular complexity index is 282. The Morgan fingerprint density at radius 2 is 1.76 bits per heavy atom. The third kappa shape index (κ3) is 1.92. The molecule has 3 nitrogen and oxygen atoms in total. The van der Waals surface area contributed by atoms with Crippen LogP contribution in [0.3, 0.4) is 0 Å². The topological polar surface area (TPSA) is 43.7 Å². The van der Waals surface area contributed by atoms with Crippen LogP contribution in [0.15, 0.2) is 0 Å². The van der Waals surface area contributed by atoms with Crippen LogP contribution in [0.1, 0.15) is 57.8 Å². The first-order valence-corrected chi connectivity index (χ1v) is 7.30. The van der Waals surface area contributed by atoms with E-state index in [4.69, 9.17) is 0 Å². The summed E-state index contributed by atoms with van der Waals surface area (Å²) < 4.78 is 0. The fraction of sp³-hybridized carbons (Fsp3) is 1.00. The lowest BCUT2D eigenvalue weighted by molar-refractivity contribution is -0.0555. The lowest BCUT2D eigenvalue weighted by Crippen LogP contribution is -2.50. The van der Waals surface area contributed by atoms with Gasteiger partial charge in [0.25, 0.3) is 0 Å². The van der Waals surface area contributed by atoms with Crippen molar-refractivity contribution < 1.29 is 10.2 Å². The summed E-state index contributed by atoms with van der Waals surface area (Å²) in [4.78, 5) is 2.49. The molecule has 3 heteroatoms. The predicted octanol–water partition coefficient (Wildman–Crippen LogP) is 1.67. The normalized spacial score (nSPS) is 35.3. The van der Waals surface area contributed by atoms with Gasteiger partial charge in [0.05, 0.1) is 11.7 Å². The van der Waals surface area contributed by atoms with Gasteiger partial charge in [-0.05, 0) is 44.9 Å². The number of aliphatic hydroxyl groups excluding tert-OH is 1. The largest absolute Gasteiger partial charge is 0.391 e. The summed E-state index contributed by atoms with van der Waals surface area (Å²) in [6, 6.07) is 0. The molecule has 0 aromatic carbocycles. The molecule has 1 saturated heterocycles. The van der Waals surface area contributed by atoms with E-state index in [1.54, 1.807) is 0 Å². The summed E-state index contributed by atoms with van der Waals surface area (Å²) in [5.41, 5.74) is -0.284. The highest BCUT2D eigenvalue weighted by Crippen LogP contribution is 2.44. The molecule has 0 radical (unpaired) electrons. The van der Waals surface area contributed by atoms with Crippen molar-refractivity contribution in [1.82, 2.24) is 4.90 Å². The van der Waals surface area contributed by atoms with Gasteiger partial charge in [-0.3, -0.25) is 4.90 Å². The third-order valence-corrected chi connectivity index (χ3v) is 5.52. The SMILES string of the molecule is OC1CCN(CCC2(O)CCC2)C12CCCC2. The second-order valence-electron chi connectivity index (χ2n) is 6.43. The van der Waals surface area contributed by atoms with Crippen molar-refractivity contribution in [3.05, 3.63) is 0 Å². The average Bonchev–Trinajstić information content (AvgIpc) is 2.86. The molecule has 1 atom stereocenters. The van der Waals surface area contributed by atoms with Crippen LogP contribution >= 0.6 is 0 Å². The maximum atomic E-state index is 10.2. The molecule has 0 aromatic heterocycles. The van der Waals surface area contributed by atoms with E-state index in [1.165, 1.54) is 19.3 Å². The molecule has 1 unspecified atom stereocenters. The van der Waals surface area contributed by atoms with Gasteiger partial charge in [-0.15, -0.1) is 0 Å². The Morgan fingerprint density at radius 1 is 1.06 bits per heavy atom. The van der Waals surface area contributed by atoms with Crippen LogP contribution in [0, 0.1) is 0 Å². The van der Waals surface area contributed by atoms with Gasteiger partial charge >= 0.3 is 0 Å². The highest BCUT2D eigenvalue weighted by molar-refractivity contribution is 5.05. The third-order valence-electron chi connectivity index (χ3n) is 5.52. The molecule has 3 rings (SSSR count).